The third kappa shape index (κ3) is 6.47. The van der Waals surface area contributed by atoms with Crippen molar-refractivity contribution in [2.45, 2.75) is 46.3 Å². The number of nitrogens with zero attached hydrogens (tertiary/aromatic N) is 1. The normalized spacial score (nSPS) is 13.1. The molecule has 0 heterocycles. The molecule has 0 aliphatic heterocycles. The molecule has 21 heavy (non-hydrogen) atoms. The smallest absolute Gasteiger partial charge is 0.191 e. The van der Waals surface area contributed by atoms with Gasteiger partial charge in [-0.1, -0.05) is 19.1 Å². The van der Waals surface area contributed by atoms with Crippen LogP contribution in [-0.2, 0) is 0 Å². The zero-order chi connectivity index (χ0) is 15.7. The van der Waals surface area contributed by atoms with E-state index >= 15 is 0 Å². The predicted octanol–water partition coefficient (Wildman–Crippen LogP) is 2.95. The van der Waals surface area contributed by atoms with Gasteiger partial charge in [0.05, 0.1) is 6.54 Å². The molecule has 0 amide bonds. The van der Waals surface area contributed by atoms with Gasteiger partial charge in [0.15, 0.2) is 17.5 Å². The van der Waals surface area contributed by atoms with Gasteiger partial charge in [-0.3, -0.25) is 0 Å². The lowest BCUT2D eigenvalue weighted by Gasteiger charge is -2.18. The maximum absolute atomic E-state index is 13.6. The Bertz CT molecular complexity index is 449. The molecule has 1 unspecified atom stereocenters. The van der Waals surface area contributed by atoms with Crippen LogP contribution in [0, 0.1) is 5.82 Å². The van der Waals surface area contributed by atoms with Gasteiger partial charge in [-0.05, 0) is 39.3 Å². The number of hydrogen-bond acceptors (Lipinski definition) is 2. The summed E-state index contributed by atoms with van der Waals surface area (Å²) in [5.41, 5.74) is 0. The molecule has 2 N–H and O–H groups in total. The van der Waals surface area contributed by atoms with Gasteiger partial charge in [-0.2, -0.15) is 0 Å². The summed E-state index contributed by atoms with van der Waals surface area (Å²) in [5.74, 6) is 0.691. The summed E-state index contributed by atoms with van der Waals surface area (Å²) in [6.45, 7) is 9.41. The molecular weight excluding hydrogens is 269 g/mol. The molecule has 0 aliphatic carbocycles. The average Bonchev–Trinajstić information content (AvgIpc) is 2.44. The first kappa shape index (κ1) is 17.3. The molecular formula is C16H26FN3O. The summed E-state index contributed by atoms with van der Waals surface area (Å²) in [5, 5.41) is 6.42. The Hall–Kier alpha value is -1.78. The first-order valence-electron chi connectivity index (χ1n) is 7.52. The van der Waals surface area contributed by atoms with E-state index in [1.54, 1.807) is 18.2 Å². The van der Waals surface area contributed by atoms with Crippen LogP contribution in [0.4, 0.5) is 4.39 Å². The van der Waals surface area contributed by atoms with Crippen molar-refractivity contribution in [3.05, 3.63) is 30.1 Å². The van der Waals surface area contributed by atoms with Crippen LogP contribution in [0.1, 0.15) is 34.1 Å². The molecule has 5 heteroatoms. The zero-order valence-electron chi connectivity index (χ0n) is 13.3. The van der Waals surface area contributed by atoms with Crippen molar-refractivity contribution in [1.82, 2.24) is 10.6 Å². The Kier molecular flexibility index (Phi) is 7.58. The van der Waals surface area contributed by atoms with Gasteiger partial charge in [0.2, 0.25) is 0 Å². The van der Waals surface area contributed by atoms with Crippen LogP contribution in [0.2, 0.25) is 0 Å². The van der Waals surface area contributed by atoms with Crippen LogP contribution in [0.3, 0.4) is 0 Å². The molecule has 0 saturated carbocycles. The van der Waals surface area contributed by atoms with Crippen molar-refractivity contribution in [1.29, 1.82) is 0 Å². The molecule has 1 aromatic carbocycles. The molecule has 4 nitrogen and oxygen atoms in total. The second-order valence-electron chi connectivity index (χ2n) is 5.10. The van der Waals surface area contributed by atoms with Crippen LogP contribution >= 0.6 is 0 Å². The standard InChI is InChI=1S/C16H26FN3O/c1-5-13(21-15-10-8-7-9-14(15)17)11-19-16(18-6-2)20-12(3)4/h7-10,12-13H,5-6,11H2,1-4H3,(H2,18,19,20). The number of halogens is 1. The van der Waals surface area contributed by atoms with Crippen LogP contribution < -0.4 is 15.4 Å². The van der Waals surface area contributed by atoms with E-state index in [1.807, 2.05) is 13.8 Å². The number of guanidine groups is 1. The van der Waals surface area contributed by atoms with Crippen molar-refractivity contribution < 1.29 is 9.13 Å². The van der Waals surface area contributed by atoms with Crippen LogP contribution in [0.5, 0.6) is 5.75 Å². The number of nitrogens with one attached hydrogen (secondary N) is 2. The molecule has 0 aromatic heterocycles. The van der Waals surface area contributed by atoms with Gasteiger partial charge in [0.1, 0.15) is 6.10 Å². The highest BCUT2D eigenvalue weighted by Gasteiger charge is 2.11. The van der Waals surface area contributed by atoms with E-state index in [9.17, 15) is 4.39 Å². The molecule has 0 radical (unpaired) electrons. The summed E-state index contributed by atoms with van der Waals surface area (Å²) >= 11 is 0. The summed E-state index contributed by atoms with van der Waals surface area (Å²) in [7, 11) is 0. The highest BCUT2D eigenvalue weighted by atomic mass is 19.1. The summed E-state index contributed by atoms with van der Waals surface area (Å²) < 4.78 is 19.3. The van der Waals surface area contributed by atoms with Crippen molar-refractivity contribution in [2.75, 3.05) is 13.1 Å². The Morgan fingerprint density at radius 1 is 1.29 bits per heavy atom. The van der Waals surface area contributed by atoms with E-state index in [2.05, 4.69) is 29.5 Å². The minimum absolute atomic E-state index is 0.149. The lowest BCUT2D eigenvalue weighted by atomic mass is 10.2. The number of para-hydroxylation sites is 1. The largest absolute Gasteiger partial charge is 0.485 e. The second-order valence-corrected chi connectivity index (χ2v) is 5.10. The monoisotopic (exact) mass is 295 g/mol. The topological polar surface area (TPSA) is 45.7 Å². The average molecular weight is 295 g/mol. The zero-order valence-corrected chi connectivity index (χ0v) is 13.3. The lowest BCUT2D eigenvalue weighted by Crippen LogP contribution is -2.41. The Labute approximate surface area is 126 Å². The molecule has 0 saturated heterocycles. The predicted molar refractivity (Wildman–Crippen MR) is 85.4 cm³/mol. The summed E-state index contributed by atoms with van der Waals surface area (Å²) in [6, 6.07) is 6.75. The van der Waals surface area contributed by atoms with Crippen molar-refractivity contribution in [3.8, 4) is 5.75 Å². The van der Waals surface area contributed by atoms with E-state index in [4.69, 9.17) is 4.74 Å². The summed E-state index contributed by atoms with van der Waals surface area (Å²) in [4.78, 5) is 4.50. The van der Waals surface area contributed by atoms with Crippen LogP contribution in [0.25, 0.3) is 0 Å². The molecule has 1 aromatic rings. The first-order chi connectivity index (χ1) is 10.1. The molecule has 0 fully saturated rings. The van der Waals surface area contributed by atoms with E-state index in [1.165, 1.54) is 6.07 Å². The Morgan fingerprint density at radius 3 is 2.57 bits per heavy atom. The third-order valence-corrected chi connectivity index (χ3v) is 2.81. The fourth-order valence-corrected chi connectivity index (χ4v) is 1.76. The SMILES string of the molecule is CCNC(=NCC(CC)Oc1ccccc1F)NC(C)C. The minimum atomic E-state index is -0.341. The van der Waals surface area contributed by atoms with Gasteiger partial charge in [0, 0.05) is 12.6 Å². The van der Waals surface area contributed by atoms with E-state index in [0.29, 0.717) is 12.6 Å². The van der Waals surface area contributed by atoms with E-state index in [-0.39, 0.29) is 17.7 Å². The molecule has 1 atom stereocenters. The van der Waals surface area contributed by atoms with Gasteiger partial charge in [-0.15, -0.1) is 0 Å². The number of benzene rings is 1. The van der Waals surface area contributed by atoms with Crippen molar-refractivity contribution >= 4 is 5.96 Å². The molecule has 0 spiro atoms. The fraction of sp³-hybridized carbons (Fsp3) is 0.562. The van der Waals surface area contributed by atoms with E-state index in [0.717, 1.165) is 18.9 Å². The van der Waals surface area contributed by atoms with E-state index < -0.39 is 0 Å². The minimum Gasteiger partial charge on any atom is -0.485 e. The quantitative estimate of drug-likeness (QED) is 0.600. The van der Waals surface area contributed by atoms with Gasteiger partial charge in [-0.25, -0.2) is 9.38 Å². The van der Waals surface area contributed by atoms with Crippen molar-refractivity contribution in [2.24, 2.45) is 4.99 Å². The maximum atomic E-state index is 13.6. The van der Waals surface area contributed by atoms with Gasteiger partial charge in [0.25, 0.3) is 0 Å². The fourth-order valence-electron chi connectivity index (χ4n) is 1.76. The first-order valence-corrected chi connectivity index (χ1v) is 7.52. The highest BCUT2D eigenvalue weighted by molar-refractivity contribution is 5.79. The van der Waals surface area contributed by atoms with Gasteiger partial charge < -0.3 is 15.4 Å². The van der Waals surface area contributed by atoms with Crippen LogP contribution in [-0.4, -0.2) is 31.2 Å². The molecule has 1 rings (SSSR count). The van der Waals surface area contributed by atoms with Crippen LogP contribution in [0.15, 0.2) is 29.3 Å². The van der Waals surface area contributed by atoms with Gasteiger partial charge >= 0.3 is 0 Å². The second kappa shape index (κ2) is 9.21. The Morgan fingerprint density at radius 2 is 2.00 bits per heavy atom. The number of rotatable bonds is 7. The highest BCUT2D eigenvalue weighted by Crippen LogP contribution is 2.18. The molecule has 0 bridgehead atoms. The number of hydrogen-bond donors (Lipinski definition) is 2. The number of aliphatic imine (C=N–C) groups is 1. The van der Waals surface area contributed by atoms with Crippen molar-refractivity contribution in [3.63, 3.8) is 0 Å². The summed E-state index contributed by atoms with van der Waals surface area (Å²) in [6.07, 6.45) is 0.614. The number of ether oxygens (including phenoxy) is 1. The third-order valence-electron chi connectivity index (χ3n) is 2.81. The Balaban J connectivity index is 2.65. The molecule has 118 valence electrons. The lowest BCUT2D eigenvalue weighted by molar-refractivity contribution is 0.196. The molecule has 0 aliphatic rings. The maximum Gasteiger partial charge on any atom is 0.191 e.